The smallest absolute Gasteiger partial charge is 0.337 e. The lowest BCUT2D eigenvalue weighted by Crippen LogP contribution is -2.29. The predicted molar refractivity (Wildman–Crippen MR) is 158 cm³/mol. The van der Waals surface area contributed by atoms with E-state index in [4.69, 9.17) is 21.1 Å². The Labute approximate surface area is 242 Å². The number of allylic oxidation sites excluding steroid dienone is 2. The fourth-order valence-electron chi connectivity index (χ4n) is 4.26. The van der Waals surface area contributed by atoms with Crippen LogP contribution in [0, 0.1) is 11.3 Å². The van der Waals surface area contributed by atoms with Gasteiger partial charge in [0.25, 0.3) is 0 Å². The summed E-state index contributed by atoms with van der Waals surface area (Å²) >= 11 is 7.31. The van der Waals surface area contributed by atoms with E-state index in [2.05, 4.69) is 16.7 Å². The molecule has 4 rings (SSSR count). The second kappa shape index (κ2) is 13.7. The number of nitrogens with zero attached hydrogens (tertiary/aromatic N) is 1. The number of esters is 1. The summed E-state index contributed by atoms with van der Waals surface area (Å²) in [6.07, 6.45) is 0. The molecule has 7 nitrogen and oxygen atoms in total. The second-order valence-corrected chi connectivity index (χ2v) is 10.3. The van der Waals surface area contributed by atoms with E-state index in [9.17, 15) is 14.9 Å². The summed E-state index contributed by atoms with van der Waals surface area (Å²) in [5.74, 6) is -0.882. The normalized spacial score (nSPS) is 14.7. The highest BCUT2D eigenvalue weighted by atomic mass is 35.5. The number of carbonyl (C=O) groups is 2. The first-order valence-corrected chi connectivity index (χ1v) is 14.0. The van der Waals surface area contributed by atoms with Gasteiger partial charge in [-0.3, -0.25) is 4.79 Å². The first-order valence-electron chi connectivity index (χ1n) is 12.6. The van der Waals surface area contributed by atoms with Crippen LogP contribution in [0.4, 0.5) is 5.69 Å². The monoisotopic (exact) mass is 573 g/mol. The van der Waals surface area contributed by atoms with Gasteiger partial charge in [0.15, 0.2) is 0 Å². The molecule has 0 radical (unpaired) electrons. The van der Waals surface area contributed by atoms with Crippen LogP contribution in [-0.2, 0) is 20.9 Å². The lowest BCUT2D eigenvalue weighted by atomic mass is 9.82. The highest BCUT2D eigenvalue weighted by Crippen LogP contribution is 2.41. The average molecular weight is 574 g/mol. The molecule has 204 valence electrons. The standard InChI is InChI=1S/C31H28ClN3O4S/c1-3-38-26-12-8-7-11-25(26)35-27(36)19-40-30-24(17-33)29(22-13-15-23(32)16-14-22)28(20(2)34-30)31(37)39-18-21-9-5-4-6-10-21/h4-16,29,34H,3,18-19H2,1-2H3,(H,35,36)/t29-/m1/s1. The number of dihydropyridines is 1. The maximum Gasteiger partial charge on any atom is 0.337 e. The molecule has 3 aromatic carbocycles. The molecule has 0 bridgehead atoms. The predicted octanol–water partition coefficient (Wildman–Crippen LogP) is 6.55. The fraction of sp³-hybridized carbons (Fsp3) is 0.194. The second-order valence-electron chi connectivity index (χ2n) is 8.83. The van der Waals surface area contributed by atoms with Crippen LogP contribution in [0.3, 0.4) is 0 Å². The summed E-state index contributed by atoms with van der Waals surface area (Å²) < 4.78 is 11.2. The number of para-hydroxylation sites is 2. The van der Waals surface area contributed by atoms with Gasteiger partial charge in [-0.25, -0.2) is 4.79 Å². The minimum absolute atomic E-state index is 0.0301. The van der Waals surface area contributed by atoms with Gasteiger partial charge in [-0.05, 0) is 49.2 Å². The molecule has 1 aliphatic rings. The van der Waals surface area contributed by atoms with E-state index in [0.717, 1.165) is 5.56 Å². The molecular formula is C31H28ClN3O4S. The number of carbonyl (C=O) groups excluding carboxylic acids is 2. The van der Waals surface area contributed by atoms with E-state index in [1.807, 2.05) is 49.4 Å². The van der Waals surface area contributed by atoms with E-state index >= 15 is 0 Å². The summed E-state index contributed by atoms with van der Waals surface area (Å²) in [6, 6.07) is 25.8. The highest BCUT2D eigenvalue weighted by molar-refractivity contribution is 8.03. The van der Waals surface area contributed by atoms with Crippen LogP contribution in [-0.4, -0.2) is 24.2 Å². The summed E-state index contributed by atoms with van der Waals surface area (Å²) in [5.41, 5.74) is 3.31. The molecule has 0 spiro atoms. The van der Waals surface area contributed by atoms with E-state index < -0.39 is 11.9 Å². The number of ether oxygens (including phenoxy) is 2. The van der Waals surface area contributed by atoms with E-state index in [-0.39, 0.29) is 18.3 Å². The molecule has 1 amide bonds. The number of halogens is 1. The molecule has 0 aliphatic carbocycles. The Morgan fingerprint density at radius 2 is 1.75 bits per heavy atom. The van der Waals surface area contributed by atoms with Crippen LogP contribution in [0.1, 0.15) is 30.9 Å². The summed E-state index contributed by atoms with van der Waals surface area (Å²) in [4.78, 5) is 26.2. The van der Waals surface area contributed by atoms with Crippen LogP contribution in [0.2, 0.25) is 5.02 Å². The van der Waals surface area contributed by atoms with Crippen LogP contribution >= 0.6 is 23.4 Å². The van der Waals surface area contributed by atoms with Gasteiger partial charge in [0, 0.05) is 10.7 Å². The molecule has 0 fully saturated rings. The molecule has 0 saturated carbocycles. The summed E-state index contributed by atoms with van der Waals surface area (Å²) in [5, 5.41) is 17.3. The van der Waals surface area contributed by atoms with Crippen LogP contribution < -0.4 is 15.4 Å². The zero-order valence-corrected chi connectivity index (χ0v) is 23.6. The summed E-state index contributed by atoms with van der Waals surface area (Å²) in [6.45, 7) is 4.20. The van der Waals surface area contributed by atoms with Crippen molar-refractivity contribution in [2.24, 2.45) is 0 Å². The number of benzene rings is 3. The third-order valence-electron chi connectivity index (χ3n) is 6.09. The lowest BCUT2D eigenvalue weighted by Gasteiger charge is -2.29. The number of nitriles is 1. The number of nitrogens with one attached hydrogen (secondary N) is 2. The van der Waals surface area contributed by atoms with Gasteiger partial charge >= 0.3 is 5.97 Å². The van der Waals surface area contributed by atoms with Gasteiger partial charge in [0.05, 0.1) is 46.2 Å². The van der Waals surface area contributed by atoms with Crippen molar-refractivity contribution in [1.29, 1.82) is 5.26 Å². The van der Waals surface area contributed by atoms with Crippen LogP contribution in [0.5, 0.6) is 5.75 Å². The van der Waals surface area contributed by atoms with Crippen LogP contribution in [0.15, 0.2) is 101 Å². The lowest BCUT2D eigenvalue weighted by molar-refractivity contribution is -0.140. The minimum atomic E-state index is -0.698. The number of hydrogen-bond donors (Lipinski definition) is 2. The molecular weight excluding hydrogens is 546 g/mol. The highest BCUT2D eigenvalue weighted by Gasteiger charge is 2.35. The largest absolute Gasteiger partial charge is 0.492 e. The van der Waals surface area contributed by atoms with Gasteiger partial charge in [0.2, 0.25) is 5.91 Å². The number of hydrogen-bond acceptors (Lipinski definition) is 7. The zero-order valence-electron chi connectivity index (χ0n) is 22.1. The molecule has 40 heavy (non-hydrogen) atoms. The van der Waals surface area contributed by atoms with E-state index in [1.165, 1.54) is 11.8 Å². The molecule has 3 aromatic rings. The van der Waals surface area contributed by atoms with Crippen molar-refractivity contribution in [2.45, 2.75) is 26.4 Å². The van der Waals surface area contributed by atoms with Gasteiger partial charge < -0.3 is 20.1 Å². The average Bonchev–Trinajstić information content (AvgIpc) is 2.96. The molecule has 0 unspecified atom stereocenters. The van der Waals surface area contributed by atoms with Crippen molar-refractivity contribution < 1.29 is 19.1 Å². The third kappa shape index (κ3) is 7.06. The Bertz CT molecular complexity index is 1480. The van der Waals surface area contributed by atoms with E-state index in [1.54, 1.807) is 43.3 Å². The van der Waals surface area contributed by atoms with Gasteiger partial charge in [-0.1, -0.05) is 78.0 Å². The molecule has 2 N–H and O–H groups in total. The zero-order chi connectivity index (χ0) is 28.5. The molecule has 1 heterocycles. The van der Waals surface area contributed by atoms with E-state index in [0.29, 0.717) is 50.5 Å². The van der Waals surface area contributed by atoms with Crippen molar-refractivity contribution in [3.63, 3.8) is 0 Å². The molecule has 1 aliphatic heterocycles. The van der Waals surface area contributed by atoms with Gasteiger partial charge in [-0.2, -0.15) is 5.26 Å². The molecule has 0 saturated heterocycles. The fourth-order valence-corrected chi connectivity index (χ4v) is 5.28. The Kier molecular flexibility index (Phi) is 9.90. The molecule has 1 atom stereocenters. The maximum absolute atomic E-state index is 13.4. The first kappa shape index (κ1) is 28.8. The topological polar surface area (TPSA) is 100 Å². The Balaban J connectivity index is 1.58. The third-order valence-corrected chi connectivity index (χ3v) is 7.36. The van der Waals surface area contributed by atoms with Crippen LogP contribution in [0.25, 0.3) is 0 Å². The number of rotatable bonds is 10. The summed E-state index contributed by atoms with van der Waals surface area (Å²) in [7, 11) is 0. The van der Waals surface area contributed by atoms with Crippen molar-refractivity contribution in [3.05, 3.63) is 117 Å². The first-order chi connectivity index (χ1) is 19.4. The Morgan fingerprint density at radius 1 is 1.05 bits per heavy atom. The number of thioether (sulfide) groups is 1. The minimum Gasteiger partial charge on any atom is -0.492 e. The maximum atomic E-state index is 13.4. The Hall–Kier alpha value is -4.19. The number of anilines is 1. The van der Waals surface area contributed by atoms with Gasteiger partial charge in [0.1, 0.15) is 12.4 Å². The van der Waals surface area contributed by atoms with Crippen molar-refractivity contribution in [3.8, 4) is 11.8 Å². The van der Waals surface area contributed by atoms with Crippen molar-refractivity contribution in [2.75, 3.05) is 17.7 Å². The Morgan fingerprint density at radius 3 is 2.45 bits per heavy atom. The SMILES string of the molecule is CCOc1ccccc1NC(=O)CSC1=C(C#N)[C@@H](c2ccc(Cl)cc2)C(C(=O)OCc2ccccc2)=C(C)N1. The van der Waals surface area contributed by atoms with Gasteiger partial charge in [-0.15, -0.1) is 0 Å². The quantitative estimate of drug-likeness (QED) is 0.265. The van der Waals surface area contributed by atoms with Crippen molar-refractivity contribution in [1.82, 2.24) is 5.32 Å². The molecule has 9 heteroatoms. The molecule has 0 aromatic heterocycles. The van der Waals surface area contributed by atoms with Crippen molar-refractivity contribution >= 4 is 40.9 Å². The number of amides is 1.